The molecule has 0 radical (unpaired) electrons. The van der Waals surface area contributed by atoms with Crippen molar-refractivity contribution in [1.82, 2.24) is 20.2 Å². The molecule has 4 rings (SSSR count). The van der Waals surface area contributed by atoms with Gasteiger partial charge in [-0.1, -0.05) is 30.3 Å². The summed E-state index contributed by atoms with van der Waals surface area (Å²) in [7, 11) is 1.65. The zero-order valence-electron chi connectivity index (χ0n) is 18.4. The number of amidine groups is 1. The summed E-state index contributed by atoms with van der Waals surface area (Å²) in [4.78, 5) is 31.2. The Morgan fingerprint density at radius 3 is 2.76 bits per heavy atom. The fraction of sp³-hybridized carbons (Fsp3) is 0.160. The number of terminal acetylenes is 1. The molecule has 164 valence electrons. The molecule has 1 atom stereocenters. The van der Waals surface area contributed by atoms with Crippen LogP contribution in [0, 0.1) is 19.3 Å². The molecule has 0 spiro atoms. The third-order valence-electron chi connectivity index (χ3n) is 5.32. The van der Waals surface area contributed by atoms with Crippen LogP contribution in [0.2, 0.25) is 0 Å². The molecular weight excluding hydrogens is 414 g/mol. The van der Waals surface area contributed by atoms with Gasteiger partial charge < -0.3 is 10.6 Å². The first kappa shape index (κ1) is 21.7. The maximum Gasteiger partial charge on any atom is 0.266 e. The van der Waals surface area contributed by atoms with Crippen LogP contribution in [-0.4, -0.2) is 35.5 Å². The van der Waals surface area contributed by atoms with Gasteiger partial charge in [0.05, 0.1) is 29.0 Å². The van der Waals surface area contributed by atoms with E-state index in [1.165, 1.54) is 6.34 Å². The molecule has 33 heavy (non-hydrogen) atoms. The molecule has 1 aliphatic heterocycles. The Morgan fingerprint density at radius 1 is 1.27 bits per heavy atom. The number of aryl methyl sites for hydroxylation is 1. The number of benzene rings is 2. The van der Waals surface area contributed by atoms with E-state index >= 15 is 0 Å². The lowest BCUT2D eigenvalue weighted by Crippen LogP contribution is -2.32. The Balaban J connectivity index is 1.97. The van der Waals surface area contributed by atoms with E-state index in [2.05, 4.69) is 38.2 Å². The second-order valence-corrected chi connectivity index (χ2v) is 7.35. The number of para-hydroxylation sites is 1. The summed E-state index contributed by atoms with van der Waals surface area (Å²) in [6.07, 6.45) is 7.50. The van der Waals surface area contributed by atoms with Crippen LogP contribution in [-0.2, 0) is 0 Å². The summed E-state index contributed by atoms with van der Waals surface area (Å²) in [5.41, 5.74) is 2.48. The van der Waals surface area contributed by atoms with E-state index in [0.717, 1.165) is 5.56 Å². The summed E-state index contributed by atoms with van der Waals surface area (Å²) in [6, 6.07) is 14.4. The summed E-state index contributed by atoms with van der Waals surface area (Å²) < 4.78 is 1.60. The number of rotatable bonds is 6. The van der Waals surface area contributed by atoms with Crippen molar-refractivity contribution in [3.05, 3.63) is 81.8 Å². The molecule has 1 aliphatic rings. The Hall–Kier alpha value is -4.51. The summed E-state index contributed by atoms with van der Waals surface area (Å²) in [5.74, 6) is 4.08. The van der Waals surface area contributed by atoms with Crippen molar-refractivity contribution < 1.29 is 0 Å². The fourth-order valence-electron chi connectivity index (χ4n) is 3.78. The first-order valence-electron chi connectivity index (χ1n) is 10.3. The highest BCUT2D eigenvalue weighted by molar-refractivity contribution is 6.09. The van der Waals surface area contributed by atoms with Crippen molar-refractivity contribution in [2.75, 3.05) is 7.05 Å². The highest BCUT2D eigenvalue weighted by Crippen LogP contribution is 2.24. The van der Waals surface area contributed by atoms with Gasteiger partial charge in [-0.2, -0.15) is 0 Å². The quantitative estimate of drug-likeness (QED) is 0.458. The van der Waals surface area contributed by atoms with E-state index in [1.807, 2.05) is 55.5 Å². The Kier molecular flexibility index (Phi) is 6.13. The molecule has 8 heteroatoms. The predicted octanol–water partition coefficient (Wildman–Crippen LogP) is 2.88. The summed E-state index contributed by atoms with van der Waals surface area (Å²) in [5, 5.41) is 6.81. The first-order chi connectivity index (χ1) is 16.1. The van der Waals surface area contributed by atoms with Gasteiger partial charge in [0.25, 0.3) is 5.56 Å². The largest absolute Gasteiger partial charge is 0.357 e. The van der Waals surface area contributed by atoms with Crippen LogP contribution in [0.25, 0.3) is 16.6 Å². The molecular formula is C25H23N7O. The Bertz CT molecular complexity index is 1410. The molecule has 2 heterocycles. The maximum atomic E-state index is 13.7. The minimum absolute atomic E-state index is 0.166. The third kappa shape index (κ3) is 4.04. The van der Waals surface area contributed by atoms with Crippen molar-refractivity contribution in [1.29, 1.82) is 0 Å². The topological polar surface area (TPSA) is 96.0 Å². The molecule has 3 aromatic rings. The predicted molar refractivity (Wildman–Crippen MR) is 133 cm³/mol. The zero-order valence-corrected chi connectivity index (χ0v) is 18.4. The van der Waals surface area contributed by atoms with Crippen molar-refractivity contribution in [3.63, 3.8) is 0 Å². The number of hydrogen-bond donors (Lipinski definition) is 2. The van der Waals surface area contributed by atoms with Crippen LogP contribution in [0.3, 0.4) is 0 Å². The molecule has 0 aliphatic carbocycles. The van der Waals surface area contributed by atoms with Gasteiger partial charge in [-0.3, -0.25) is 14.4 Å². The minimum Gasteiger partial charge on any atom is -0.357 e. The van der Waals surface area contributed by atoms with E-state index in [1.54, 1.807) is 11.6 Å². The highest BCUT2D eigenvalue weighted by atomic mass is 16.1. The van der Waals surface area contributed by atoms with Crippen molar-refractivity contribution in [2.24, 2.45) is 15.0 Å². The second kappa shape index (κ2) is 9.32. The number of fused-ring (bicyclic) bond motifs is 1. The second-order valence-electron chi connectivity index (χ2n) is 7.35. The van der Waals surface area contributed by atoms with E-state index in [4.69, 9.17) is 11.4 Å². The van der Waals surface area contributed by atoms with Crippen molar-refractivity contribution in [2.45, 2.75) is 19.4 Å². The lowest BCUT2D eigenvalue weighted by molar-refractivity contribution is 0.554. The average Bonchev–Trinajstić information content (AvgIpc) is 3.31. The molecule has 1 unspecified atom stereocenters. The lowest BCUT2D eigenvalue weighted by Gasteiger charge is -2.23. The molecule has 0 saturated heterocycles. The average molecular weight is 438 g/mol. The van der Waals surface area contributed by atoms with Gasteiger partial charge in [-0.05, 0) is 37.4 Å². The number of hydrogen-bond acceptors (Lipinski definition) is 6. The van der Waals surface area contributed by atoms with Crippen LogP contribution < -0.4 is 16.2 Å². The van der Waals surface area contributed by atoms with Gasteiger partial charge in [-0.15, -0.1) is 12.3 Å². The minimum atomic E-state index is -0.547. The molecule has 0 amide bonds. The molecule has 0 saturated carbocycles. The van der Waals surface area contributed by atoms with E-state index in [-0.39, 0.29) is 12.0 Å². The molecule has 8 nitrogen and oxygen atoms in total. The normalized spacial score (nSPS) is 16.3. The fourth-order valence-corrected chi connectivity index (χ4v) is 3.78. The zero-order chi connectivity index (χ0) is 23.4. The number of nitrogens with one attached hydrogen (secondary N) is 2. The number of aliphatic imine (C=N–C) groups is 3. The summed E-state index contributed by atoms with van der Waals surface area (Å²) in [6.45, 7) is 5.57. The van der Waals surface area contributed by atoms with Crippen molar-refractivity contribution >= 4 is 29.8 Å². The van der Waals surface area contributed by atoms with Crippen LogP contribution in [0.5, 0.6) is 0 Å². The molecule has 2 N–H and O–H groups in total. The van der Waals surface area contributed by atoms with Crippen molar-refractivity contribution in [3.8, 4) is 18.0 Å². The van der Waals surface area contributed by atoms with Gasteiger partial charge in [0.15, 0.2) is 11.7 Å². The van der Waals surface area contributed by atoms with Crippen LogP contribution in [0.4, 0.5) is 0 Å². The maximum absolute atomic E-state index is 13.7. The Labute approximate surface area is 191 Å². The molecule has 0 bridgehead atoms. The molecule has 2 aromatic carbocycles. The number of nitrogens with zero attached hydrogens (tertiary/aromatic N) is 5. The van der Waals surface area contributed by atoms with E-state index in [0.29, 0.717) is 39.8 Å². The smallest absolute Gasteiger partial charge is 0.266 e. The van der Waals surface area contributed by atoms with Crippen LogP contribution in [0.15, 0.2) is 79.8 Å². The first-order valence-corrected chi connectivity index (χ1v) is 10.3. The molecule has 0 fully saturated rings. The van der Waals surface area contributed by atoms with E-state index in [9.17, 15) is 4.79 Å². The van der Waals surface area contributed by atoms with Gasteiger partial charge in [0, 0.05) is 13.5 Å². The van der Waals surface area contributed by atoms with E-state index < -0.39 is 6.04 Å². The van der Waals surface area contributed by atoms with Crippen LogP contribution in [0.1, 0.15) is 23.9 Å². The molecule has 1 aromatic heterocycles. The standard InChI is InChI=1S/C25H23N7O/c1-5-10-19(30-23(27-4)21-22(26-3)29-15-28-21)24-31-18-14-9-11-16(2)20(18)25(33)32(24)17-12-7-6-8-13-17/h1,6-9,11-15,19,30H,4,10H2,2-3H3,(H,26,28,29)/b23-21-. The highest BCUT2D eigenvalue weighted by Gasteiger charge is 2.24. The number of aromatic nitrogens is 2. The summed E-state index contributed by atoms with van der Waals surface area (Å²) >= 11 is 0. The van der Waals surface area contributed by atoms with Crippen LogP contribution >= 0.6 is 0 Å². The van der Waals surface area contributed by atoms with Gasteiger partial charge >= 0.3 is 0 Å². The SMILES string of the molecule is C#CCC(N/C(N=C)=C1\N=CN\C1=N\C)c1nc2cccc(C)c2c(=O)n1-c1ccccc1. The third-order valence-corrected chi connectivity index (χ3v) is 5.32. The van der Waals surface area contributed by atoms with Gasteiger partial charge in [-0.25, -0.2) is 15.0 Å². The lowest BCUT2D eigenvalue weighted by atomic mass is 10.1. The van der Waals surface area contributed by atoms with Gasteiger partial charge in [0.2, 0.25) is 0 Å². The monoisotopic (exact) mass is 437 g/mol. The van der Waals surface area contributed by atoms with Gasteiger partial charge in [0.1, 0.15) is 11.5 Å². The Morgan fingerprint density at radius 2 is 2.06 bits per heavy atom.